The third-order valence-electron chi connectivity index (χ3n) is 3.33. The van der Waals surface area contributed by atoms with E-state index in [0.29, 0.717) is 11.3 Å². The number of Topliss-reactive ketones (excluding diaryl/α,β-unsaturated/α-hetero) is 1. The number of ether oxygens (including phenoxy) is 1. The van der Waals surface area contributed by atoms with E-state index in [4.69, 9.17) is 4.74 Å². The minimum absolute atomic E-state index is 0.0775. The zero-order valence-corrected chi connectivity index (χ0v) is 10.5. The third kappa shape index (κ3) is 2.24. The molecule has 3 rings (SSSR count). The third-order valence-corrected chi connectivity index (χ3v) is 3.33. The number of halogens is 1. The predicted molar refractivity (Wildman–Crippen MR) is 69.9 cm³/mol. The van der Waals surface area contributed by atoms with Crippen LogP contribution in [0, 0.1) is 12.7 Å². The molecule has 0 N–H and O–H groups in total. The molecule has 1 aliphatic heterocycles. The maximum Gasteiger partial charge on any atom is 0.170 e. The Hall–Kier alpha value is -2.16. The minimum atomic E-state index is -0.413. The number of fused-ring (bicyclic) bond motifs is 1. The first-order valence-electron chi connectivity index (χ1n) is 6.19. The molecule has 0 saturated carbocycles. The van der Waals surface area contributed by atoms with E-state index in [2.05, 4.69) is 0 Å². The largest absolute Gasteiger partial charge is 0.484 e. The zero-order chi connectivity index (χ0) is 13.4. The van der Waals surface area contributed by atoms with Crippen LogP contribution in [0.3, 0.4) is 0 Å². The molecule has 0 aromatic heterocycles. The Morgan fingerprint density at radius 1 is 1.16 bits per heavy atom. The van der Waals surface area contributed by atoms with Crippen molar-refractivity contribution >= 4 is 5.78 Å². The van der Waals surface area contributed by atoms with Crippen LogP contribution in [-0.2, 0) is 0 Å². The highest BCUT2D eigenvalue weighted by atomic mass is 19.1. The molecule has 96 valence electrons. The Morgan fingerprint density at radius 3 is 2.63 bits per heavy atom. The summed E-state index contributed by atoms with van der Waals surface area (Å²) < 4.78 is 18.9. The Bertz CT molecular complexity index is 632. The van der Waals surface area contributed by atoms with Crippen molar-refractivity contribution in [3.05, 3.63) is 65.0 Å². The molecule has 3 heteroatoms. The summed E-state index contributed by atoms with van der Waals surface area (Å²) >= 11 is 0. The molecule has 1 heterocycles. The fraction of sp³-hybridized carbons (Fsp3) is 0.188. The van der Waals surface area contributed by atoms with Crippen molar-refractivity contribution in [2.45, 2.75) is 19.4 Å². The molecule has 2 nitrogen and oxygen atoms in total. The summed E-state index contributed by atoms with van der Waals surface area (Å²) in [5.41, 5.74) is 2.46. The highest BCUT2D eigenvalue weighted by Gasteiger charge is 2.27. The molecule has 0 amide bonds. The van der Waals surface area contributed by atoms with Crippen LogP contribution in [0.1, 0.15) is 34.0 Å². The van der Waals surface area contributed by atoms with Gasteiger partial charge in [-0.3, -0.25) is 4.79 Å². The first-order valence-corrected chi connectivity index (χ1v) is 6.19. The predicted octanol–water partition coefficient (Wildman–Crippen LogP) is 3.84. The van der Waals surface area contributed by atoms with E-state index >= 15 is 0 Å². The van der Waals surface area contributed by atoms with Gasteiger partial charge in [-0.1, -0.05) is 29.8 Å². The van der Waals surface area contributed by atoms with E-state index in [1.54, 1.807) is 0 Å². The van der Waals surface area contributed by atoms with E-state index in [9.17, 15) is 9.18 Å². The van der Waals surface area contributed by atoms with Gasteiger partial charge in [-0.25, -0.2) is 4.39 Å². The van der Waals surface area contributed by atoms with Crippen molar-refractivity contribution in [1.29, 1.82) is 0 Å². The summed E-state index contributed by atoms with van der Waals surface area (Å²) in [4.78, 5) is 12.0. The van der Waals surface area contributed by atoms with Gasteiger partial charge in [0.15, 0.2) is 5.78 Å². The lowest BCUT2D eigenvalue weighted by molar-refractivity contribution is 0.0849. The summed E-state index contributed by atoms with van der Waals surface area (Å²) in [6, 6.07) is 12.0. The van der Waals surface area contributed by atoms with Gasteiger partial charge in [0, 0.05) is 0 Å². The molecule has 0 saturated heterocycles. The Morgan fingerprint density at radius 2 is 1.89 bits per heavy atom. The van der Waals surface area contributed by atoms with Crippen LogP contribution in [0.5, 0.6) is 5.75 Å². The van der Waals surface area contributed by atoms with E-state index < -0.39 is 5.82 Å². The molecule has 1 unspecified atom stereocenters. The number of hydrogen-bond donors (Lipinski definition) is 0. The molecule has 0 fully saturated rings. The average Bonchev–Trinajstić information content (AvgIpc) is 2.40. The van der Waals surface area contributed by atoms with Gasteiger partial charge in [-0.05, 0) is 30.7 Å². The highest BCUT2D eigenvalue weighted by molar-refractivity contribution is 6.00. The number of rotatable bonds is 1. The number of aryl methyl sites for hydroxylation is 1. The van der Waals surface area contributed by atoms with Crippen molar-refractivity contribution in [1.82, 2.24) is 0 Å². The molecule has 1 aliphatic rings. The number of carbonyl (C=O) groups excluding carboxylic acids is 1. The maximum atomic E-state index is 13.1. The number of carbonyl (C=O) groups is 1. The summed E-state index contributed by atoms with van der Waals surface area (Å²) in [5, 5.41) is 0. The highest BCUT2D eigenvalue weighted by Crippen LogP contribution is 2.35. The molecule has 0 radical (unpaired) electrons. The van der Waals surface area contributed by atoms with Gasteiger partial charge in [-0.15, -0.1) is 0 Å². The number of hydrogen-bond acceptors (Lipinski definition) is 2. The normalized spacial score (nSPS) is 17.8. The SMILES string of the molecule is Cc1ccc(C2CC(=O)c3cc(F)ccc3O2)cc1. The van der Waals surface area contributed by atoms with Crippen LogP contribution in [0.25, 0.3) is 0 Å². The molecule has 19 heavy (non-hydrogen) atoms. The molecule has 2 aromatic carbocycles. The van der Waals surface area contributed by atoms with Crippen LogP contribution >= 0.6 is 0 Å². The lowest BCUT2D eigenvalue weighted by atomic mass is 9.96. The van der Waals surface area contributed by atoms with Gasteiger partial charge in [0.05, 0.1) is 12.0 Å². The van der Waals surface area contributed by atoms with Gasteiger partial charge in [0.2, 0.25) is 0 Å². The van der Waals surface area contributed by atoms with Crippen molar-refractivity contribution in [3.63, 3.8) is 0 Å². The monoisotopic (exact) mass is 256 g/mol. The van der Waals surface area contributed by atoms with Gasteiger partial charge < -0.3 is 4.74 Å². The van der Waals surface area contributed by atoms with Crippen molar-refractivity contribution in [3.8, 4) is 5.75 Å². The van der Waals surface area contributed by atoms with Gasteiger partial charge >= 0.3 is 0 Å². The van der Waals surface area contributed by atoms with Crippen molar-refractivity contribution in [2.75, 3.05) is 0 Å². The summed E-state index contributed by atoms with van der Waals surface area (Å²) in [6.07, 6.45) is -0.0365. The Balaban J connectivity index is 1.95. The average molecular weight is 256 g/mol. The number of ketones is 1. The van der Waals surface area contributed by atoms with Crippen LogP contribution < -0.4 is 4.74 Å². The topological polar surface area (TPSA) is 26.3 Å². The van der Waals surface area contributed by atoms with Crippen LogP contribution in [0.4, 0.5) is 4.39 Å². The van der Waals surface area contributed by atoms with Crippen LogP contribution in [0.15, 0.2) is 42.5 Å². The lowest BCUT2D eigenvalue weighted by Gasteiger charge is -2.25. The van der Waals surface area contributed by atoms with Crippen molar-refractivity contribution < 1.29 is 13.9 Å². The van der Waals surface area contributed by atoms with Crippen LogP contribution in [-0.4, -0.2) is 5.78 Å². The molecule has 2 aromatic rings. The van der Waals surface area contributed by atoms with E-state index in [1.165, 1.54) is 18.2 Å². The molecule has 0 spiro atoms. The second-order valence-corrected chi connectivity index (χ2v) is 4.78. The van der Waals surface area contributed by atoms with Gasteiger partial charge in [0.1, 0.15) is 17.7 Å². The second-order valence-electron chi connectivity index (χ2n) is 4.78. The van der Waals surface area contributed by atoms with E-state index in [-0.39, 0.29) is 18.3 Å². The van der Waals surface area contributed by atoms with E-state index in [0.717, 1.165) is 11.1 Å². The van der Waals surface area contributed by atoms with Crippen LogP contribution in [0.2, 0.25) is 0 Å². The number of benzene rings is 2. The standard InChI is InChI=1S/C16H13FO2/c1-10-2-4-11(5-3-10)16-9-14(18)13-8-12(17)6-7-15(13)19-16/h2-8,16H,9H2,1H3. The molecular weight excluding hydrogens is 243 g/mol. The van der Waals surface area contributed by atoms with Gasteiger partial charge in [0.25, 0.3) is 0 Å². The molecule has 1 atom stereocenters. The lowest BCUT2D eigenvalue weighted by Crippen LogP contribution is -2.20. The van der Waals surface area contributed by atoms with E-state index in [1.807, 2.05) is 31.2 Å². The quantitative estimate of drug-likeness (QED) is 0.774. The first-order chi connectivity index (χ1) is 9.13. The first kappa shape index (κ1) is 11.9. The minimum Gasteiger partial charge on any atom is -0.484 e. The molecule has 0 aliphatic carbocycles. The Kier molecular flexibility index (Phi) is 2.82. The van der Waals surface area contributed by atoms with Crippen molar-refractivity contribution in [2.24, 2.45) is 0 Å². The van der Waals surface area contributed by atoms with Gasteiger partial charge in [-0.2, -0.15) is 0 Å². The molecule has 0 bridgehead atoms. The molecular formula is C16H13FO2. The summed E-state index contributed by atoms with van der Waals surface area (Å²) in [5.74, 6) is -0.0287. The fourth-order valence-electron chi connectivity index (χ4n) is 2.26. The smallest absolute Gasteiger partial charge is 0.170 e. The fourth-order valence-corrected chi connectivity index (χ4v) is 2.26. The second kappa shape index (κ2) is 4.50. The zero-order valence-electron chi connectivity index (χ0n) is 10.5. The Labute approximate surface area is 110 Å². The summed E-state index contributed by atoms with van der Waals surface area (Å²) in [6.45, 7) is 2.01. The summed E-state index contributed by atoms with van der Waals surface area (Å²) in [7, 11) is 0. The maximum absolute atomic E-state index is 13.1.